The van der Waals surface area contributed by atoms with Gasteiger partial charge in [-0.15, -0.1) is 0 Å². The summed E-state index contributed by atoms with van der Waals surface area (Å²) >= 11 is 0. The molecule has 0 bridgehead atoms. The topological polar surface area (TPSA) is 80.5 Å². The first-order valence-electron chi connectivity index (χ1n) is 8.65. The maximum Gasteiger partial charge on any atom is 0.257 e. The van der Waals surface area contributed by atoms with Crippen molar-refractivity contribution in [1.29, 1.82) is 0 Å². The minimum Gasteiger partial charge on any atom is -0.497 e. The highest BCUT2D eigenvalue weighted by Crippen LogP contribution is 2.26. The quantitative estimate of drug-likeness (QED) is 0.731. The second kappa shape index (κ2) is 7.15. The van der Waals surface area contributed by atoms with Gasteiger partial charge in [-0.05, 0) is 48.9 Å². The summed E-state index contributed by atoms with van der Waals surface area (Å²) in [5.41, 5.74) is 1.81. The highest BCUT2D eigenvalue weighted by atomic mass is 19.1. The van der Waals surface area contributed by atoms with Crippen molar-refractivity contribution in [3.05, 3.63) is 82.0 Å². The zero-order valence-corrected chi connectivity index (χ0v) is 15.3. The van der Waals surface area contributed by atoms with E-state index in [0.717, 1.165) is 11.4 Å². The molecule has 7 nitrogen and oxygen atoms in total. The van der Waals surface area contributed by atoms with Gasteiger partial charge in [0.15, 0.2) is 6.17 Å². The van der Waals surface area contributed by atoms with E-state index in [1.807, 2.05) is 24.3 Å². The Bertz CT molecular complexity index is 1090. The second-order valence-corrected chi connectivity index (χ2v) is 6.31. The van der Waals surface area contributed by atoms with E-state index in [2.05, 4.69) is 20.6 Å². The van der Waals surface area contributed by atoms with Crippen molar-refractivity contribution in [1.82, 2.24) is 9.55 Å². The summed E-state index contributed by atoms with van der Waals surface area (Å²) in [7, 11) is 1.60. The van der Waals surface area contributed by atoms with Gasteiger partial charge in [-0.1, -0.05) is 12.1 Å². The fourth-order valence-electron chi connectivity index (χ4n) is 2.98. The average molecular weight is 379 g/mol. The van der Waals surface area contributed by atoms with Crippen molar-refractivity contribution >= 4 is 17.6 Å². The minimum absolute atomic E-state index is 0.239. The first-order valence-corrected chi connectivity index (χ1v) is 8.65. The maximum absolute atomic E-state index is 13.4. The van der Waals surface area contributed by atoms with E-state index in [1.54, 1.807) is 26.2 Å². The van der Waals surface area contributed by atoms with Gasteiger partial charge in [0.25, 0.3) is 5.56 Å². The largest absolute Gasteiger partial charge is 0.497 e. The predicted octanol–water partition coefficient (Wildman–Crippen LogP) is 3.14. The summed E-state index contributed by atoms with van der Waals surface area (Å²) in [6.45, 7) is 1.75. The summed E-state index contributed by atoms with van der Waals surface area (Å²) in [5.74, 6) is 1.18. The third-order valence-corrected chi connectivity index (χ3v) is 4.33. The number of methoxy groups -OCH3 is 1. The van der Waals surface area contributed by atoms with E-state index in [4.69, 9.17) is 4.74 Å². The Labute approximate surface area is 160 Å². The molecule has 1 aromatic heterocycles. The molecule has 1 aliphatic heterocycles. The Hall–Kier alpha value is -3.68. The van der Waals surface area contributed by atoms with Crippen molar-refractivity contribution in [3.8, 4) is 5.75 Å². The normalized spacial score (nSPS) is 15.2. The Morgan fingerprint density at radius 1 is 1.14 bits per heavy atom. The van der Waals surface area contributed by atoms with Gasteiger partial charge in [-0.3, -0.25) is 14.7 Å². The lowest BCUT2D eigenvalue weighted by atomic mass is 10.1. The van der Waals surface area contributed by atoms with Crippen LogP contribution in [0.3, 0.4) is 0 Å². The van der Waals surface area contributed by atoms with Gasteiger partial charge in [0.05, 0.1) is 7.11 Å². The Morgan fingerprint density at radius 3 is 2.54 bits per heavy atom. The number of nitrogens with one attached hydrogen (secondary N) is 2. The molecule has 0 aliphatic carbocycles. The van der Waals surface area contributed by atoms with E-state index < -0.39 is 6.17 Å². The lowest BCUT2D eigenvalue weighted by molar-refractivity contribution is 0.415. The molecule has 2 aromatic carbocycles. The number of halogens is 1. The van der Waals surface area contributed by atoms with E-state index in [0.29, 0.717) is 23.2 Å². The highest BCUT2D eigenvalue weighted by Gasteiger charge is 2.25. The number of aryl methyl sites for hydroxylation is 1. The molecule has 2 N–H and O–H groups in total. The highest BCUT2D eigenvalue weighted by molar-refractivity contribution is 6.03. The number of anilines is 2. The zero-order chi connectivity index (χ0) is 19.7. The number of nitrogens with zero attached hydrogens (tertiary/aromatic N) is 3. The van der Waals surface area contributed by atoms with Crippen LogP contribution in [0.25, 0.3) is 0 Å². The Morgan fingerprint density at radius 2 is 1.86 bits per heavy atom. The van der Waals surface area contributed by atoms with Crippen molar-refractivity contribution in [2.75, 3.05) is 17.7 Å². The van der Waals surface area contributed by atoms with Gasteiger partial charge < -0.3 is 10.1 Å². The van der Waals surface area contributed by atoms with E-state index in [9.17, 15) is 9.18 Å². The van der Waals surface area contributed by atoms with Gasteiger partial charge in [-0.2, -0.15) is 0 Å². The molecule has 0 saturated carbocycles. The van der Waals surface area contributed by atoms with Crippen LogP contribution in [0, 0.1) is 12.7 Å². The molecule has 1 aliphatic rings. The zero-order valence-electron chi connectivity index (χ0n) is 15.3. The molecular formula is C20H18FN5O2. The number of aromatic nitrogens is 2. The molecule has 0 amide bonds. The number of rotatable bonds is 3. The summed E-state index contributed by atoms with van der Waals surface area (Å²) in [6.07, 6.45) is -0.668. The van der Waals surface area contributed by atoms with E-state index >= 15 is 0 Å². The van der Waals surface area contributed by atoms with Crippen LogP contribution in [-0.4, -0.2) is 22.6 Å². The van der Waals surface area contributed by atoms with Crippen molar-refractivity contribution in [2.24, 2.45) is 4.99 Å². The van der Waals surface area contributed by atoms with Crippen LogP contribution in [0.4, 0.5) is 16.0 Å². The maximum atomic E-state index is 13.4. The van der Waals surface area contributed by atoms with E-state index in [1.165, 1.54) is 22.8 Å². The fourth-order valence-corrected chi connectivity index (χ4v) is 2.98. The van der Waals surface area contributed by atoms with Crippen molar-refractivity contribution in [3.63, 3.8) is 0 Å². The molecule has 1 atom stereocenters. The third kappa shape index (κ3) is 3.44. The molecule has 142 valence electrons. The number of benzene rings is 2. The van der Waals surface area contributed by atoms with E-state index in [-0.39, 0.29) is 11.4 Å². The lowest BCUT2D eigenvalue weighted by Gasteiger charge is -2.27. The molecule has 0 radical (unpaired) electrons. The minimum atomic E-state index is -0.668. The van der Waals surface area contributed by atoms with Crippen LogP contribution in [0.2, 0.25) is 0 Å². The van der Waals surface area contributed by atoms with Crippen LogP contribution in [0.15, 0.2) is 64.4 Å². The Balaban J connectivity index is 1.75. The van der Waals surface area contributed by atoms with Crippen molar-refractivity contribution < 1.29 is 9.13 Å². The van der Waals surface area contributed by atoms with Crippen LogP contribution < -0.4 is 20.9 Å². The van der Waals surface area contributed by atoms with Crippen LogP contribution >= 0.6 is 0 Å². The van der Waals surface area contributed by atoms with Gasteiger partial charge in [0, 0.05) is 17.4 Å². The number of hydrogen-bond donors (Lipinski definition) is 2. The summed E-state index contributed by atoms with van der Waals surface area (Å²) in [6, 6.07) is 14.7. The van der Waals surface area contributed by atoms with Gasteiger partial charge in [0.2, 0.25) is 11.9 Å². The third-order valence-electron chi connectivity index (χ3n) is 4.33. The number of ether oxygens (including phenoxy) is 1. The summed E-state index contributed by atoms with van der Waals surface area (Å²) in [5, 5.41) is 6.23. The number of fused-ring (bicyclic) bond motifs is 1. The van der Waals surface area contributed by atoms with Gasteiger partial charge in [-0.25, -0.2) is 14.4 Å². The summed E-state index contributed by atoms with van der Waals surface area (Å²) < 4.78 is 20.0. The van der Waals surface area contributed by atoms with Crippen LogP contribution in [0.5, 0.6) is 5.75 Å². The molecule has 0 fully saturated rings. The molecule has 8 heteroatoms. The average Bonchev–Trinajstić information content (AvgIpc) is 2.68. The lowest BCUT2D eigenvalue weighted by Crippen LogP contribution is -2.37. The van der Waals surface area contributed by atoms with Crippen molar-refractivity contribution in [2.45, 2.75) is 13.1 Å². The van der Waals surface area contributed by atoms with Gasteiger partial charge >= 0.3 is 0 Å². The molecule has 28 heavy (non-hydrogen) atoms. The number of aliphatic imine (C=N–C) groups is 1. The standard InChI is InChI=1S/C20H18FN5O2/c1-12-11-17(27)26-18(13-3-5-14(21)6-4-13)24-19(25-20(26)22-12)23-15-7-9-16(28-2)10-8-15/h3-11,18H,1-2H3,(H2,22,23,24,25)/t18-/m0/s1. The summed E-state index contributed by atoms with van der Waals surface area (Å²) in [4.78, 5) is 21.6. The first-order chi connectivity index (χ1) is 13.5. The molecular weight excluding hydrogens is 361 g/mol. The molecule has 2 heterocycles. The van der Waals surface area contributed by atoms with Crippen LogP contribution in [-0.2, 0) is 0 Å². The molecule has 0 unspecified atom stereocenters. The fraction of sp³-hybridized carbons (Fsp3) is 0.150. The monoisotopic (exact) mass is 379 g/mol. The Kier molecular flexibility index (Phi) is 4.52. The molecule has 0 spiro atoms. The second-order valence-electron chi connectivity index (χ2n) is 6.31. The number of hydrogen-bond acceptors (Lipinski definition) is 6. The van der Waals surface area contributed by atoms with Gasteiger partial charge in [0.1, 0.15) is 11.6 Å². The molecule has 3 aromatic rings. The first kappa shape index (κ1) is 17.7. The van der Waals surface area contributed by atoms with Crippen LogP contribution in [0.1, 0.15) is 17.4 Å². The SMILES string of the molecule is COc1ccc(NC2=N[C@H](c3ccc(F)cc3)n3c(nc(C)cc3=O)N2)cc1. The molecule has 0 saturated heterocycles. The predicted molar refractivity (Wildman–Crippen MR) is 105 cm³/mol. The smallest absolute Gasteiger partial charge is 0.257 e. The number of guanidine groups is 1. The molecule has 4 rings (SSSR count).